The van der Waals surface area contributed by atoms with E-state index in [4.69, 9.17) is 5.11 Å². The molecule has 0 aliphatic rings. The topological polar surface area (TPSA) is 32.3 Å². The molecule has 9 heavy (non-hydrogen) atoms. The van der Waals surface area contributed by atoms with Gasteiger partial charge in [0.15, 0.2) is 0 Å². The first-order chi connectivity index (χ1) is 4.31. The quantitative estimate of drug-likeness (QED) is 0.440. The Morgan fingerprint density at radius 3 is 2.11 bits per heavy atom. The van der Waals surface area contributed by atoms with E-state index in [9.17, 15) is 0 Å². The Morgan fingerprint density at radius 2 is 2.00 bits per heavy atom. The predicted molar refractivity (Wildman–Crippen MR) is 41.3 cm³/mol. The fourth-order valence-corrected chi connectivity index (χ4v) is 0.207. The van der Waals surface area contributed by atoms with Gasteiger partial charge in [-0.15, -0.1) is 0 Å². The molecule has 0 atom stereocenters. The number of hydrogen-bond acceptors (Lipinski definition) is 2. The molecule has 2 N–H and O–H groups in total. The fourth-order valence-electron chi connectivity index (χ4n) is 0.207. The molecule has 0 spiro atoms. The van der Waals surface area contributed by atoms with E-state index in [1.54, 1.807) is 7.05 Å². The molecular weight excluding hydrogens is 114 g/mol. The highest BCUT2D eigenvalue weighted by Gasteiger charge is 1.73. The van der Waals surface area contributed by atoms with Gasteiger partial charge in [-0.3, -0.25) is 0 Å². The summed E-state index contributed by atoms with van der Waals surface area (Å²) in [5, 5.41) is 11.2. The van der Waals surface area contributed by atoms with E-state index in [1.807, 2.05) is 13.8 Å². The number of allylic oxidation sites excluding steroid dienone is 1. The monoisotopic (exact) mass is 129 g/mol. The van der Waals surface area contributed by atoms with Crippen molar-refractivity contribution in [2.45, 2.75) is 13.8 Å². The van der Waals surface area contributed by atoms with Gasteiger partial charge >= 0.3 is 0 Å². The van der Waals surface area contributed by atoms with E-state index in [0.717, 1.165) is 0 Å². The van der Waals surface area contributed by atoms with Crippen LogP contribution >= 0.6 is 0 Å². The summed E-state index contributed by atoms with van der Waals surface area (Å²) in [7, 11) is 1.71. The van der Waals surface area contributed by atoms with Crippen LogP contribution < -0.4 is 5.32 Å². The number of aliphatic hydroxyl groups is 1. The fraction of sp³-hybridized carbons (Fsp3) is 0.429. The minimum atomic E-state index is 0.155. The Hall–Kier alpha value is -0.920. The molecule has 54 valence electrons. The molecule has 0 saturated heterocycles. The molecule has 2 heteroatoms. The standard InChI is InChI=1S/C5H9NO.C2H6/c1-3-5(7)4-6-2;1-2/h3-4,6-7H,1H2,2H3;1-2H3/b5-4+;. The molecule has 0 bridgehead atoms. The highest BCUT2D eigenvalue weighted by atomic mass is 16.3. The summed E-state index contributed by atoms with van der Waals surface area (Å²) in [6.45, 7) is 7.32. The van der Waals surface area contributed by atoms with Gasteiger partial charge in [-0.25, -0.2) is 0 Å². The van der Waals surface area contributed by atoms with E-state index >= 15 is 0 Å². The molecule has 0 fully saturated rings. The first kappa shape index (κ1) is 11.0. The SMILES string of the molecule is C=C/C(O)=C\NC.CC. The zero-order valence-corrected chi connectivity index (χ0v) is 6.31. The molecular formula is C7H15NO. The first-order valence-electron chi connectivity index (χ1n) is 3.00. The Kier molecular flexibility index (Phi) is 12.3. The summed E-state index contributed by atoms with van der Waals surface area (Å²) in [4.78, 5) is 0. The number of aliphatic hydroxyl groups excluding tert-OH is 1. The van der Waals surface area contributed by atoms with Gasteiger partial charge in [0.25, 0.3) is 0 Å². The summed E-state index contributed by atoms with van der Waals surface area (Å²) >= 11 is 0. The average molecular weight is 129 g/mol. The van der Waals surface area contributed by atoms with Gasteiger partial charge < -0.3 is 10.4 Å². The Labute approximate surface area is 56.9 Å². The van der Waals surface area contributed by atoms with Gasteiger partial charge in [-0.2, -0.15) is 0 Å². The molecule has 0 amide bonds. The normalized spacial score (nSPS) is 9.00. The largest absolute Gasteiger partial charge is 0.506 e. The van der Waals surface area contributed by atoms with Crippen LogP contribution in [0.15, 0.2) is 24.6 Å². The van der Waals surface area contributed by atoms with Gasteiger partial charge in [0.1, 0.15) is 5.76 Å². The molecule has 0 aliphatic heterocycles. The predicted octanol–water partition coefficient (Wildman–Crippen LogP) is 1.82. The third kappa shape index (κ3) is 11.0. The molecule has 0 aliphatic carbocycles. The molecule has 0 aromatic heterocycles. The van der Waals surface area contributed by atoms with Crippen LogP contribution in [0.2, 0.25) is 0 Å². The van der Waals surface area contributed by atoms with Crippen molar-refractivity contribution in [3.63, 3.8) is 0 Å². The molecule has 0 aromatic rings. The van der Waals surface area contributed by atoms with Crippen molar-refractivity contribution >= 4 is 0 Å². The highest BCUT2D eigenvalue weighted by molar-refractivity contribution is 5.04. The Morgan fingerprint density at radius 1 is 1.56 bits per heavy atom. The van der Waals surface area contributed by atoms with Crippen molar-refractivity contribution in [1.82, 2.24) is 5.32 Å². The summed E-state index contributed by atoms with van der Waals surface area (Å²) in [6, 6.07) is 0. The molecule has 0 aromatic carbocycles. The summed E-state index contributed by atoms with van der Waals surface area (Å²) in [5.74, 6) is 0.155. The van der Waals surface area contributed by atoms with Crippen LogP contribution in [0, 0.1) is 0 Å². The molecule has 2 nitrogen and oxygen atoms in total. The van der Waals surface area contributed by atoms with Gasteiger partial charge in [0.05, 0.1) is 0 Å². The Balaban J connectivity index is 0. The van der Waals surface area contributed by atoms with Crippen LogP contribution in [0.5, 0.6) is 0 Å². The minimum absolute atomic E-state index is 0.155. The zero-order chi connectivity index (χ0) is 7.70. The van der Waals surface area contributed by atoms with Crippen molar-refractivity contribution in [1.29, 1.82) is 0 Å². The lowest BCUT2D eigenvalue weighted by molar-refractivity contribution is 0.429. The van der Waals surface area contributed by atoms with Crippen LogP contribution in [0.1, 0.15) is 13.8 Å². The van der Waals surface area contributed by atoms with E-state index in [-0.39, 0.29) is 5.76 Å². The third-order valence-electron chi connectivity index (χ3n) is 0.501. The van der Waals surface area contributed by atoms with Crippen molar-refractivity contribution in [2.75, 3.05) is 7.05 Å². The molecule has 0 radical (unpaired) electrons. The van der Waals surface area contributed by atoms with Crippen molar-refractivity contribution in [3.05, 3.63) is 24.6 Å². The zero-order valence-electron chi connectivity index (χ0n) is 6.31. The van der Waals surface area contributed by atoms with Gasteiger partial charge in [0, 0.05) is 13.2 Å². The minimum Gasteiger partial charge on any atom is -0.506 e. The lowest BCUT2D eigenvalue weighted by Gasteiger charge is -1.86. The number of nitrogens with one attached hydrogen (secondary N) is 1. The summed E-state index contributed by atoms with van der Waals surface area (Å²) in [6.07, 6.45) is 2.81. The maximum Gasteiger partial charge on any atom is 0.130 e. The van der Waals surface area contributed by atoms with E-state index in [0.29, 0.717) is 0 Å². The highest BCUT2D eigenvalue weighted by Crippen LogP contribution is 1.81. The molecule has 0 unspecified atom stereocenters. The van der Waals surface area contributed by atoms with Crippen molar-refractivity contribution < 1.29 is 5.11 Å². The van der Waals surface area contributed by atoms with Crippen LogP contribution in [0.4, 0.5) is 0 Å². The molecule has 0 rings (SSSR count). The van der Waals surface area contributed by atoms with Crippen LogP contribution in [0.25, 0.3) is 0 Å². The van der Waals surface area contributed by atoms with Crippen LogP contribution in [-0.2, 0) is 0 Å². The van der Waals surface area contributed by atoms with Crippen LogP contribution in [-0.4, -0.2) is 12.2 Å². The smallest absolute Gasteiger partial charge is 0.130 e. The maximum atomic E-state index is 8.54. The van der Waals surface area contributed by atoms with Crippen molar-refractivity contribution in [2.24, 2.45) is 0 Å². The van der Waals surface area contributed by atoms with Gasteiger partial charge in [-0.05, 0) is 6.08 Å². The maximum absolute atomic E-state index is 8.54. The third-order valence-corrected chi connectivity index (χ3v) is 0.501. The molecule has 0 heterocycles. The van der Waals surface area contributed by atoms with Gasteiger partial charge in [-0.1, -0.05) is 20.4 Å². The molecule has 0 saturated carbocycles. The second kappa shape index (κ2) is 10.1. The van der Waals surface area contributed by atoms with Gasteiger partial charge in [0.2, 0.25) is 0 Å². The number of rotatable bonds is 2. The van der Waals surface area contributed by atoms with E-state index in [2.05, 4.69) is 11.9 Å². The summed E-state index contributed by atoms with van der Waals surface area (Å²) in [5.41, 5.74) is 0. The lowest BCUT2D eigenvalue weighted by atomic mass is 10.5. The summed E-state index contributed by atoms with van der Waals surface area (Å²) < 4.78 is 0. The second-order valence-electron chi connectivity index (χ2n) is 1.06. The van der Waals surface area contributed by atoms with Crippen molar-refractivity contribution in [3.8, 4) is 0 Å². The van der Waals surface area contributed by atoms with Crippen LogP contribution in [0.3, 0.4) is 0 Å². The second-order valence-corrected chi connectivity index (χ2v) is 1.06. The first-order valence-corrected chi connectivity index (χ1v) is 3.00. The van der Waals surface area contributed by atoms with E-state index < -0.39 is 0 Å². The average Bonchev–Trinajstić information content (AvgIpc) is 1.93. The Bertz CT molecular complexity index is 86.9. The van der Waals surface area contributed by atoms with E-state index in [1.165, 1.54) is 12.3 Å². The number of hydrogen-bond donors (Lipinski definition) is 2. The lowest BCUT2D eigenvalue weighted by Crippen LogP contribution is -1.93.